The number of aryl methyl sites for hydroxylation is 1. The smallest absolute Gasteiger partial charge is 0.306 e. The number of carbonyl (C=O) groups is 1. The van der Waals surface area contributed by atoms with Crippen LogP contribution < -0.4 is 15.7 Å². The lowest BCUT2D eigenvalue weighted by molar-refractivity contribution is -0.140. The number of pyridine rings is 1. The number of likely N-dealkylation sites (tertiary alicyclic amines) is 1. The van der Waals surface area contributed by atoms with Crippen LogP contribution in [0.2, 0.25) is 0 Å². The van der Waals surface area contributed by atoms with E-state index in [0.29, 0.717) is 23.6 Å². The van der Waals surface area contributed by atoms with Crippen LogP contribution >= 0.6 is 0 Å². The van der Waals surface area contributed by atoms with Crippen LogP contribution in [-0.2, 0) is 23.1 Å². The molecular formula is C26H30N2O7. The highest BCUT2D eigenvalue weighted by molar-refractivity contribution is 5.82. The summed E-state index contributed by atoms with van der Waals surface area (Å²) in [6.07, 6.45) is 3.02. The molecule has 35 heavy (non-hydrogen) atoms. The molecular weight excluding hydrogens is 452 g/mol. The Labute approximate surface area is 202 Å². The van der Waals surface area contributed by atoms with Gasteiger partial charge in [0.2, 0.25) is 11.2 Å². The van der Waals surface area contributed by atoms with Crippen molar-refractivity contribution in [1.29, 1.82) is 0 Å². The molecule has 0 spiro atoms. The monoisotopic (exact) mass is 482 g/mol. The van der Waals surface area contributed by atoms with Crippen molar-refractivity contribution in [1.82, 2.24) is 9.47 Å². The lowest BCUT2D eigenvalue weighted by Crippen LogP contribution is -2.30. The Morgan fingerprint density at radius 1 is 1.11 bits per heavy atom. The zero-order valence-corrected chi connectivity index (χ0v) is 20.2. The maximum absolute atomic E-state index is 13.4. The van der Waals surface area contributed by atoms with Crippen LogP contribution in [-0.4, -0.2) is 47.9 Å². The van der Waals surface area contributed by atoms with Crippen molar-refractivity contribution in [3.05, 3.63) is 68.0 Å². The van der Waals surface area contributed by atoms with Gasteiger partial charge in [0.25, 0.3) is 5.56 Å². The minimum absolute atomic E-state index is 0.111. The van der Waals surface area contributed by atoms with Gasteiger partial charge in [0.15, 0.2) is 5.76 Å². The second-order valence-corrected chi connectivity index (χ2v) is 8.85. The number of piperidine rings is 1. The molecule has 0 radical (unpaired) electrons. The number of benzene rings is 1. The predicted octanol–water partition coefficient (Wildman–Crippen LogP) is 2.89. The third-order valence-electron chi connectivity index (χ3n) is 6.58. The van der Waals surface area contributed by atoms with E-state index in [-0.39, 0.29) is 23.3 Å². The number of aromatic nitrogens is 1. The molecule has 9 nitrogen and oxygen atoms in total. The molecule has 0 aliphatic carbocycles. The fourth-order valence-corrected chi connectivity index (χ4v) is 4.65. The van der Waals surface area contributed by atoms with Crippen LogP contribution in [0.3, 0.4) is 0 Å². The first-order valence-corrected chi connectivity index (χ1v) is 11.6. The number of hydrogen-bond acceptors (Lipinski definition) is 8. The number of esters is 1. The van der Waals surface area contributed by atoms with E-state index >= 15 is 0 Å². The van der Waals surface area contributed by atoms with E-state index in [1.165, 1.54) is 24.2 Å². The minimum Gasteiger partial charge on any atom is -0.502 e. The number of nitrogens with zero attached hydrogens (tertiary/aromatic N) is 2. The highest BCUT2D eigenvalue weighted by atomic mass is 16.5. The number of carbonyl (C=O) groups excluding carboxylic acids is 1. The Morgan fingerprint density at radius 3 is 2.54 bits per heavy atom. The van der Waals surface area contributed by atoms with Gasteiger partial charge in [0.05, 0.1) is 38.6 Å². The van der Waals surface area contributed by atoms with Crippen molar-refractivity contribution in [2.24, 2.45) is 7.05 Å². The zero-order chi connectivity index (χ0) is 25.1. The fraction of sp³-hybridized carbons (Fsp3) is 0.423. The summed E-state index contributed by atoms with van der Waals surface area (Å²) in [6, 6.07) is 8.24. The van der Waals surface area contributed by atoms with Crippen LogP contribution in [0.15, 0.2) is 44.3 Å². The summed E-state index contributed by atoms with van der Waals surface area (Å²) in [5.74, 6) is -1.36. The summed E-state index contributed by atoms with van der Waals surface area (Å²) < 4.78 is 17.6. The van der Waals surface area contributed by atoms with Gasteiger partial charge in [-0.1, -0.05) is 6.42 Å². The number of ether oxygens (including phenoxy) is 2. The second-order valence-electron chi connectivity index (χ2n) is 8.85. The Bertz CT molecular complexity index is 1350. The molecule has 0 bridgehead atoms. The van der Waals surface area contributed by atoms with Gasteiger partial charge in [-0.2, -0.15) is 0 Å². The second kappa shape index (κ2) is 10.4. The summed E-state index contributed by atoms with van der Waals surface area (Å²) >= 11 is 0. The van der Waals surface area contributed by atoms with Gasteiger partial charge in [-0.05, 0) is 49.5 Å². The zero-order valence-electron chi connectivity index (χ0n) is 20.2. The predicted molar refractivity (Wildman–Crippen MR) is 130 cm³/mol. The van der Waals surface area contributed by atoms with Crippen molar-refractivity contribution in [3.63, 3.8) is 0 Å². The topological polar surface area (TPSA) is 111 Å². The van der Waals surface area contributed by atoms with Crippen molar-refractivity contribution in [3.8, 4) is 11.5 Å². The van der Waals surface area contributed by atoms with Gasteiger partial charge in [-0.3, -0.25) is 19.3 Å². The molecule has 1 saturated heterocycles. The van der Waals surface area contributed by atoms with Crippen molar-refractivity contribution in [2.45, 2.75) is 38.1 Å². The molecule has 1 fully saturated rings. The van der Waals surface area contributed by atoms with E-state index in [2.05, 4.69) is 4.90 Å². The number of fused-ring (bicyclic) bond motifs is 1. The molecule has 186 valence electrons. The standard InChI is InChI=1S/C26H30N2O7/c1-27-21-12-17(33-2)8-7-16(21)11-20(26(27)32)19(14-23(30)34-3)25-24(31)22(29)13-18(35-25)15-28-9-5-4-6-10-28/h7-8,11-13,19,31H,4-6,9-10,14-15H2,1-3H3/t19-/m0/s1. The number of hydrogen-bond donors (Lipinski definition) is 1. The van der Waals surface area contributed by atoms with E-state index in [9.17, 15) is 19.5 Å². The van der Waals surface area contributed by atoms with Crippen LogP contribution in [0.25, 0.3) is 10.9 Å². The Hall–Kier alpha value is -3.59. The van der Waals surface area contributed by atoms with Crippen molar-refractivity contribution >= 4 is 16.9 Å². The van der Waals surface area contributed by atoms with Crippen molar-refractivity contribution < 1.29 is 23.8 Å². The van der Waals surface area contributed by atoms with E-state index in [0.717, 1.165) is 31.3 Å². The first-order valence-electron chi connectivity index (χ1n) is 11.6. The summed E-state index contributed by atoms with van der Waals surface area (Å²) in [5.41, 5.74) is -0.151. The maximum atomic E-state index is 13.4. The maximum Gasteiger partial charge on any atom is 0.306 e. The molecule has 0 amide bonds. The molecule has 1 aliphatic rings. The van der Waals surface area contributed by atoms with Crippen LogP contribution in [0.1, 0.15) is 48.7 Å². The van der Waals surface area contributed by atoms with Gasteiger partial charge >= 0.3 is 5.97 Å². The average Bonchev–Trinajstić information content (AvgIpc) is 2.87. The first kappa shape index (κ1) is 24.5. The Balaban J connectivity index is 1.85. The van der Waals surface area contributed by atoms with E-state index in [1.54, 1.807) is 38.4 Å². The molecule has 1 atom stereocenters. The number of aromatic hydroxyl groups is 1. The molecule has 9 heteroatoms. The van der Waals surface area contributed by atoms with Crippen LogP contribution in [0, 0.1) is 0 Å². The number of methoxy groups -OCH3 is 2. The van der Waals surface area contributed by atoms with E-state index in [1.807, 2.05) is 0 Å². The molecule has 3 aromatic rings. The molecule has 1 aliphatic heterocycles. The van der Waals surface area contributed by atoms with Crippen molar-refractivity contribution in [2.75, 3.05) is 27.3 Å². The summed E-state index contributed by atoms with van der Waals surface area (Å²) in [7, 11) is 4.40. The normalized spacial score (nSPS) is 15.2. The highest BCUT2D eigenvalue weighted by Crippen LogP contribution is 2.34. The third-order valence-corrected chi connectivity index (χ3v) is 6.58. The van der Waals surface area contributed by atoms with Crippen LogP contribution in [0.4, 0.5) is 0 Å². The van der Waals surface area contributed by atoms with Gasteiger partial charge in [-0.15, -0.1) is 0 Å². The highest BCUT2D eigenvalue weighted by Gasteiger charge is 2.30. The molecule has 0 saturated carbocycles. The number of rotatable bonds is 7. The van der Waals surface area contributed by atoms with E-state index in [4.69, 9.17) is 13.9 Å². The Kier molecular flexibility index (Phi) is 7.25. The largest absolute Gasteiger partial charge is 0.502 e. The fourth-order valence-electron chi connectivity index (χ4n) is 4.65. The first-order chi connectivity index (χ1) is 16.8. The van der Waals surface area contributed by atoms with Gasteiger partial charge in [0, 0.05) is 24.7 Å². The van der Waals surface area contributed by atoms with Gasteiger partial charge in [-0.25, -0.2) is 0 Å². The van der Waals surface area contributed by atoms with E-state index < -0.39 is 23.1 Å². The molecule has 1 N–H and O–H groups in total. The quantitative estimate of drug-likeness (QED) is 0.512. The molecule has 3 heterocycles. The SMILES string of the molecule is COC(=O)C[C@H](c1oc(CN2CCCCC2)cc(=O)c1O)c1cc2ccc(OC)cc2n(C)c1=O. The Morgan fingerprint density at radius 2 is 1.86 bits per heavy atom. The molecule has 2 aromatic heterocycles. The average molecular weight is 483 g/mol. The summed E-state index contributed by atoms with van der Waals surface area (Å²) in [6.45, 7) is 2.18. The molecule has 0 unspecified atom stereocenters. The summed E-state index contributed by atoms with van der Waals surface area (Å²) in [5, 5.41) is 11.4. The van der Waals surface area contributed by atoms with Crippen LogP contribution in [0.5, 0.6) is 11.5 Å². The lowest BCUT2D eigenvalue weighted by Gasteiger charge is -2.26. The molecule has 1 aromatic carbocycles. The third kappa shape index (κ3) is 5.09. The molecule has 4 rings (SSSR count). The minimum atomic E-state index is -1.01. The summed E-state index contributed by atoms with van der Waals surface area (Å²) in [4.78, 5) is 40.6. The van der Waals surface area contributed by atoms with Gasteiger partial charge < -0.3 is 23.6 Å². The lowest BCUT2D eigenvalue weighted by atomic mass is 9.92. The van der Waals surface area contributed by atoms with Gasteiger partial charge in [0.1, 0.15) is 11.5 Å².